The summed E-state index contributed by atoms with van der Waals surface area (Å²) in [5.74, 6) is -0.487. The van der Waals surface area contributed by atoms with Crippen molar-refractivity contribution in [3.05, 3.63) is 38.8 Å². The first-order chi connectivity index (χ1) is 11.5. The zero-order valence-electron chi connectivity index (χ0n) is 12.5. The van der Waals surface area contributed by atoms with E-state index >= 15 is 0 Å². The number of phenols is 1. The van der Waals surface area contributed by atoms with Crippen LogP contribution in [0, 0.1) is 23.7 Å². The van der Waals surface area contributed by atoms with Gasteiger partial charge in [-0.3, -0.25) is 9.59 Å². The van der Waals surface area contributed by atoms with Crippen LogP contribution in [0.4, 0.5) is 0 Å². The van der Waals surface area contributed by atoms with Crippen LogP contribution in [-0.2, 0) is 9.59 Å². The van der Waals surface area contributed by atoms with Gasteiger partial charge >= 0.3 is 0 Å². The second-order valence-electron chi connectivity index (χ2n) is 6.41. The maximum absolute atomic E-state index is 12.6. The zero-order valence-corrected chi connectivity index (χ0v) is 15.7. The Kier molecular flexibility index (Phi) is 3.88. The number of allylic oxidation sites excluding steroid dienone is 2. The lowest BCUT2D eigenvalue weighted by molar-refractivity contribution is -0.140. The second kappa shape index (κ2) is 5.81. The van der Waals surface area contributed by atoms with Gasteiger partial charge < -0.3 is 5.11 Å². The highest BCUT2D eigenvalue weighted by Crippen LogP contribution is 2.49. The van der Waals surface area contributed by atoms with E-state index in [4.69, 9.17) is 0 Å². The molecule has 2 bridgehead atoms. The van der Waals surface area contributed by atoms with Gasteiger partial charge in [0.25, 0.3) is 11.8 Å². The minimum absolute atomic E-state index is 0.0918. The fourth-order valence-corrected chi connectivity index (χ4v) is 5.18. The molecule has 2 fully saturated rings. The lowest BCUT2D eigenvalue weighted by atomic mass is 9.63. The molecular formula is C17H14Br2N2O3. The first kappa shape index (κ1) is 16.0. The molecule has 1 aromatic carbocycles. The van der Waals surface area contributed by atoms with E-state index in [1.165, 1.54) is 6.21 Å². The lowest BCUT2D eigenvalue weighted by Gasteiger charge is -2.37. The summed E-state index contributed by atoms with van der Waals surface area (Å²) in [6.45, 7) is 0. The molecule has 5 nitrogen and oxygen atoms in total. The van der Waals surface area contributed by atoms with Crippen molar-refractivity contribution >= 4 is 49.9 Å². The molecule has 4 aliphatic rings. The van der Waals surface area contributed by atoms with Crippen molar-refractivity contribution in [2.45, 2.75) is 12.8 Å². The average molecular weight is 454 g/mol. The maximum Gasteiger partial charge on any atom is 0.254 e. The fourth-order valence-electron chi connectivity index (χ4n) is 3.96. The van der Waals surface area contributed by atoms with Crippen molar-refractivity contribution in [3.63, 3.8) is 0 Å². The molecule has 1 heterocycles. The van der Waals surface area contributed by atoms with E-state index < -0.39 is 0 Å². The van der Waals surface area contributed by atoms with Crippen LogP contribution in [0.15, 0.2) is 38.3 Å². The monoisotopic (exact) mass is 452 g/mol. The predicted molar refractivity (Wildman–Crippen MR) is 95.3 cm³/mol. The Labute approximate surface area is 155 Å². The minimum Gasteiger partial charge on any atom is -0.506 e. The van der Waals surface area contributed by atoms with Gasteiger partial charge in [0.05, 0.1) is 27.0 Å². The molecule has 0 unspecified atom stereocenters. The summed E-state index contributed by atoms with van der Waals surface area (Å²) < 4.78 is 1.02. The quantitative estimate of drug-likeness (QED) is 0.423. The van der Waals surface area contributed by atoms with Crippen molar-refractivity contribution in [2.24, 2.45) is 28.8 Å². The number of carbonyl (C=O) groups excluding carboxylic acids is 2. The van der Waals surface area contributed by atoms with Crippen LogP contribution >= 0.6 is 31.9 Å². The zero-order chi connectivity index (χ0) is 17.0. The van der Waals surface area contributed by atoms with Crippen LogP contribution in [-0.4, -0.2) is 28.1 Å². The topological polar surface area (TPSA) is 70.0 Å². The summed E-state index contributed by atoms with van der Waals surface area (Å²) in [5.41, 5.74) is 0.670. The van der Waals surface area contributed by atoms with Crippen LogP contribution in [0.5, 0.6) is 5.75 Å². The van der Waals surface area contributed by atoms with Gasteiger partial charge in [-0.1, -0.05) is 12.2 Å². The van der Waals surface area contributed by atoms with E-state index in [2.05, 4.69) is 49.1 Å². The van der Waals surface area contributed by atoms with E-state index in [0.29, 0.717) is 14.5 Å². The molecule has 3 aliphatic carbocycles. The number of rotatable bonds is 2. The van der Waals surface area contributed by atoms with Crippen LogP contribution < -0.4 is 0 Å². The second-order valence-corrected chi connectivity index (χ2v) is 8.12. The largest absolute Gasteiger partial charge is 0.506 e. The Morgan fingerprint density at radius 1 is 1.04 bits per heavy atom. The number of benzene rings is 1. The van der Waals surface area contributed by atoms with Gasteiger partial charge in [-0.15, -0.1) is 0 Å². The highest BCUT2D eigenvalue weighted by Gasteiger charge is 2.56. The smallest absolute Gasteiger partial charge is 0.254 e. The van der Waals surface area contributed by atoms with E-state index in [0.717, 1.165) is 17.9 Å². The number of hydrazone groups is 1. The van der Waals surface area contributed by atoms with Gasteiger partial charge in [0.1, 0.15) is 5.75 Å². The molecule has 1 aliphatic heterocycles. The Balaban J connectivity index is 1.62. The number of fused-ring (bicyclic) bond motifs is 1. The standard InChI is InChI=1S/C17H14Br2N2O3/c18-11-5-8(6-12(19)15(11)22)7-20-21-16(23)13-9-1-2-10(4-3-9)14(13)17(21)24/h1-2,5-7,9-10,13-14,22H,3-4H2/b20-7-/t9-,10-,13+,14+/m1/s1. The number of hydrogen-bond acceptors (Lipinski definition) is 4. The average Bonchev–Trinajstić information content (AvgIpc) is 2.85. The highest BCUT2D eigenvalue weighted by atomic mass is 79.9. The Hall–Kier alpha value is -1.47. The van der Waals surface area contributed by atoms with Gasteiger partial charge in [0.2, 0.25) is 0 Å². The van der Waals surface area contributed by atoms with Crippen molar-refractivity contribution in [3.8, 4) is 5.75 Å². The summed E-state index contributed by atoms with van der Waals surface area (Å²) in [4.78, 5) is 25.3. The summed E-state index contributed by atoms with van der Waals surface area (Å²) in [6.07, 6.45) is 7.58. The molecule has 0 aromatic heterocycles. The first-order valence-electron chi connectivity index (χ1n) is 7.75. The van der Waals surface area contributed by atoms with Crippen LogP contribution in [0.3, 0.4) is 0 Å². The van der Waals surface area contributed by atoms with Crippen molar-refractivity contribution in [1.29, 1.82) is 0 Å². The summed E-state index contributed by atoms with van der Waals surface area (Å²) in [7, 11) is 0. The summed E-state index contributed by atoms with van der Waals surface area (Å²) >= 11 is 6.50. The van der Waals surface area contributed by atoms with Gasteiger partial charge in [-0.25, -0.2) is 0 Å². The summed E-state index contributed by atoms with van der Waals surface area (Å²) in [6, 6.07) is 3.35. The normalized spacial score (nSPS) is 31.3. The molecule has 0 radical (unpaired) electrons. The summed E-state index contributed by atoms with van der Waals surface area (Å²) in [5, 5.41) is 14.9. The number of halogens is 2. The number of carbonyl (C=O) groups is 2. The first-order valence-corrected chi connectivity index (χ1v) is 9.34. The third-order valence-corrected chi connectivity index (χ3v) is 6.31. The molecule has 1 saturated carbocycles. The molecule has 24 heavy (non-hydrogen) atoms. The van der Waals surface area contributed by atoms with E-state index in [1.807, 2.05) is 0 Å². The van der Waals surface area contributed by atoms with Crippen LogP contribution in [0.1, 0.15) is 18.4 Å². The minimum atomic E-state index is -0.253. The van der Waals surface area contributed by atoms with Crippen molar-refractivity contribution in [2.75, 3.05) is 0 Å². The number of hydrogen-bond donors (Lipinski definition) is 1. The van der Waals surface area contributed by atoms with Crippen LogP contribution in [0.25, 0.3) is 0 Å². The van der Waals surface area contributed by atoms with E-state index in [-0.39, 0.29) is 41.2 Å². The fraction of sp³-hybridized carbons (Fsp3) is 0.353. The molecule has 4 atom stereocenters. The molecule has 7 heteroatoms. The molecule has 1 saturated heterocycles. The van der Waals surface area contributed by atoms with E-state index in [1.54, 1.807) is 12.1 Å². The highest BCUT2D eigenvalue weighted by molar-refractivity contribution is 9.11. The van der Waals surface area contributed by atoms with E-state index in [9.17, 15) is 14.7 Å². The molecule has 5 rings (SSSR count). The SMILES string of the molecule is O=C1[C@@H]2[C@@H](C(=O)N1/N=C\c1cc(Br)c(O)c(Br)c1)[C@@H]1C=C[C@@H]2CC1. The third kappa shape index (κ3) is 2.37. The molecule has 0 spiro atoms. The predicted octanol–water partition coefficient (Wildman–Crippen LogP) is 3.45. The van der Waals surface area contributed by atoms with Gasteiger partial charge in [0.15, 0.2) is 0 Å². The Morgan fingerprint density at radius 3 is 2.00 bits per heavy atom. The molecule has 2 amide bonds. The number of amides is 2. The Morgan fingerprint density at radius 2 is 1.54 bits per heavy atom. The van der Waals surface area contributed by atoms with Gasteiger partial charge in [0, 0.05) is 0 Å². The van der Waals surface area contributed by atoms with Crippen molar-refractivity contribution < 1.29 is 14.7 Å². The van der Waals surface area contributed by atoms with Crippen molar-refractivity contribution in [1.82, 2.24) is 5.01 Å². The Bertz CT molecular complexity index is 750. The molecular weight excluding hydrogens is 440 g/mol. The number of nitrogens with zero attached hydrogens (tertiary/aromatic N) is 2. The lowest BCUT2D eigenvalue weighted by Crippen LogP contribution is -2.38. The van der Waals surface area contributed by atoms with Crippen LogP contribution in [0.2, 0.25) is 0 Å². The molecule has 1 aromatic rings. The number of imide groups is 1. The van der Waals surface area contributed by atoms with Gasteiger partial charge in [-0.2, -0.15) is 10.1 Å². The maximum atomic E-state index is 12.6. The third-order valence-electron chi connectivity index (χ3n) is 5.10. The number of phenolic OH excluding ortho intramolecular Hbond substituents is 1. The molecule has 124 valence electrons. The number of aromatic hydroxyl groups is 1. The molecule has 1 N–H and O–H groups in total. The van der Waals surface area contributed by atoms with Gasteiger partial charge in [-0.05, 0) is 74.2 Å².